The summed E-state index contributed by atoms with van der Waals surface area (Å²) in [4.78, 5) is 2.45. The van der Waals surface area contributed by atoms with E-state index in [4.69, 9.17) is 0 Å². The zero-order chi connectivity index (χ0) is 11.7. The van der Waals surface area contributed by atoms with Gasteiger partial charge in [0.2, 0.25) is 0 Å². The van der Waals surface area contributed by atoms with E-state index in [1.165, 1.54) is 25.2 Å². The Balaban J connectivity index is 1.74. The minimum Gasteiger partial charge on any atom is -0.354 e. The fraction of sp³-hybridized carbons (Fsp3) is 0.833. The predicted molar refractivity (Wildman–Crippen MR) is 67.0 cm³/mol. The summed E-state index contributed by atoms with van der Waals surface area (Å²) in [5.41, 5.74) is 0. The van der Waals surface area contributed by atoms with Crippen LogP contribution >= 0.6 is 0 Å². The quantitative estimate of drug-likeness (QED) is 0.844. The topological polar surface area (TPSA) is 46.0 Å². The Hall–Kier alpha value is -1.10. The van der Waals surface area contributed by atoms with Crippen LogP contribution in [0.2, 0.25) is 0 Å². The van der Waals surface area contributed by atoms with Crippen molar-refractivity contribution in [3.05, 3.63) is 6.20 Å². The number of aromatic nitrogens is 3. The third kappa shape index (κ3) is 2.04. The minimum atomic E-state index is 0.675. The molecule has 1 aromatic heterocycles. The van der Waals surface area contributed by atoms with Gasteiger partial charge in [0, 0.05) is 25.7 Å². The van der Waals surface area contributed by atoms with Gasteiger partial charge in [-0.1, -0.05) is 12.1 Å². The Morgan fingerprint density at radius 3 is 3.24 bits per heavy atom. The molecule has 2 aliphatic rings. The van der Waals surface area contributed by atoms with E-state index in [0.717, 1.165) is 32.0 Å². The Labute approximate surface area is 102 Å². The second-order valence-electron chi connectivity index (χ2n) is 5.18. The lowest BCUT2D eigenvalue weighted by Gasteiger charge is -2.24. The molecule has 0 amide bonds. The van der Waals surface area contributed by atoms with Crippen molar-refractivity contribution in [3.8, 4) is 0 Å². The molecule has 0 radical (unpaired) electrons. The van der Waals surface area contributed by atoms with Crippen molar-refractivity contribution in [2.75, 3.05) is 24.5 Å². The van der Waals surface area contributed by atoms with E-state index in [2.05, 4.69) is 27.5 Å². The van der Waals surface area contributed by atoms with E-state index in [-0.39, 0.29) is 0 Å². The molecule has 0 bridgehead atoms. The maximum Gasteiger partial charge on any atom is 0.147 e. The fourth-order valence-electron chi connectivity index (χ4n) is 3.10. The van der Waals surface area contributed by atoms with Crippen LogP contribution in [0.5, 0.6) is 0 Å². The monoisotopic (exact) mass is 235 g/mol. The van der Waals surface area contributed by atoms with E-state index < -0.39 is 0 Å². The molecular weight excluding hydrogens is 214 g/mol. The average Bonchev–Trinajstić information content (AvgIpc) is 2.94. The van der Waals surface area contributed by atoms with E-state index in [9.17, 15) is 0 Å². The first-order valence-electron chi connectivity index (χ1n) is 6.75. The fourth-order valence-corrected chi connectivity index (χ4v) is 3.10. The molecule has 17 heavy (non-hydrogen) atoms. The Bertz CT molecular complexity index is 361. The first-order valence-corrected chi connectivity index (χ1v) is 6.75. The summed E-state index contributed by atoms with van der Waals surface area (Å²) in [6.07, 6.45) is 5.70. The van der Waals surface area contributed by atoms with E-state index in [1.54, 1.807) is 0 Å². The van der Waals surface area contributed by atoms with Crippen LogP contribution in [0.3, 0.4) is 0 Å². The smallest absolute Gasteiger partial charge is 0.147 e. The molecule has 5 nitrogen and oxygen atoms in total. The van der Waals surface area contributed by atoms with Crippen LogP contribution in [0.15, 0.2) is 6.20 Å². The van der Waals surface area contributed by atoms with Crippen LogP contribution in [-0.2, 0) is 6.54 Å². The number of rotatable bonds is 3. The van der Waals surface area contributed by atoms with Gasteiger partial charge >= 0.3 is 0 Å². The summed E-state index contributed by atoms with van der Waals surface area (Å²) >= 11 is 0. The van der Waals surface area contributed by atoms with Crippen molar-refractivity contribution in [2.24, 2.45) is 5.92 Å². The number of fused-ring (bicyclic) bond motifs is 1. The Morgan fingerprint density at radius 1 is 1.47 bits per heavy atom. The molecule has 0 unspecified atom stereocenters. The average molecular weight is 235 g/mol. The predicted octanol–water partition coefficient (Wildman–Crippen LogP) is 0.876. The van der Waals surface area contributed by atoms with Gasteiger partial charge in [-0.05, 0) is 31.7 Å². The first kappa shape index (κ1) is 11.0. The summed E-state index contributed by atoms with van der Waals surface area (Å²) in [6.45, 7) is 6.60. The zero-order valence-corrected chi connectivity index (χ0v) is 10.5. The third-order valence-electron chi connectivity index (χ3n) is 3.96. The van der Waals surface area contributed by atoms with E-state index in [0.29, 0.717) is 6.04 Å². The second kappa shape index (κ2) is 4.64. The third-order valence-corrected chi connectivity index (χ3v) is 3.96. The van der Waals surface area contributed by atoms with Crippen molar-refractivity contribution in [3.63, 3.8) is 0 Å². The van der Waals surface area contributed by atoms with Gasteiger partial charge in [-0.2, -0.15) is 0 Å². The lowest BCUT2D eigenvalue weighted by atomic mass is 9.94. The molecule has 1 N–H and O–H groups in total. The van der Waals surface area contributed by atoms with Crippen molar-refractivity contribution in [2.45, 2.75) is 38.8 Å². The number of aryl methyl sites for hydroxylation is 1. The van der Waals surface area contributed by atoms with Gasteiger partial charge in [0.15, 0.2) is 0 Å². The minimum absolute atomic E-state index is 0.675. The maximum atomic E-state index is 4.17. The van der Waals surface area contributed by atoms with Gasteiger partial charge < -0.3 is 10.2 Å². The van der Waals surface area contributed by atoms with Gasteiger partial charge in [0.05, 0.1) is 6.20 Å². The summed E-state index contributed by atoms with van der Waals surface area (Å²) in [6, 6.07) is 0.675. The van der Waals surface area contributed by atoms with Crippen LogP contribution < -0.4 is 10.2 Å². The normalized spacial score (nSPS) is 28.4. The number of nitrogens with zero attached hydrogens (tertiary/aromatic N) is 4. The van der Waals surface area contributed by atoms with Gasteiger partial charge in [0.1, 0.15) is 5.82 Å². The Morgan fingerprint density at radius 2 is 2.41 bits per heavy atom. The highest BCUT2D eigenvalue weighted by molar-refractivity contribution is 5.38. The largest absolute Gasteiger partial charge is 0.354 e. The summed E-state index contributed by atoms with van der Waals surface area (Å²) in [5.74, 6) is 2.01. The lowest BCUT2D eigenvalue weighted by Crippen LogP contribution is -2.40. The summed E-state index contributed by atoms with van der Waals surface area (Å²) in [5, 5.41) is 11.9. The first-order chi connectivity index (χ1) is 8.38. The molecule has 0 aliphatic carbocycles. The SMILES string of the molecule is CCCn1nncc1N1C[C@@H]2CCCN[C@@H]2C1. The summed E-state index contributed by atoms with van der Waals surface area (Å²) in [7, 11) is 0. The van der Waals surface area contributed by atoms with Crippen LogP contribution in [0.25, 0.3) is 0 Å². The highest BCUT2D eigenvalue weighted by atomic mass is 15.5. The molecule has 5 heteroatoms. The van der Waals surface area contributed by atoms with Crippen molar-refractivity contribution >= 4 is 5.82 Å². The molecule has 0 spiro atoms. The summed E-state index contributed by atoms with van der Waals surface area (Å²) < 4.78 is 2.04. The van der Waals surface area contributed by atoms with Crippen molar-refractivity contribution < 1.29 is 0 Å². The van der Waals surface area contributed by atoms with Gasteiger partial charge in [-0.25, -0.2) is 4.68 Å². The van der Waals surface area contributed by atoms with E-state index >= 15 is 0 Å². The molecule has 2 aliphatic heterocycles. The molecule has 0 aromatic carbocycles. The standard InChI is InChI=1S/C12H21N5/c1-2-6-17-12(7-14-15-17)16-8-10-4-3-5-13-11(10)9-16/h7,10-11,13H,2-6,8-9H2,1H3/t10-,11+/m0/s1. The number of hydrogen-bond acceptors (Lipinski definition) is 4. The van der Waals surface area contributed by atoms with Gasteiger partial charge in [-0.15, -0.1) is 5.10 Å². The molecule has 1 aromatic rings. The highest BCUT2D eigenvalue weighted by Crippen LogP contribution is 2.28. The van der Waals surface area contributed by atoms with Crippen LogP contribution in [0, 0.1) is 5.92 Å². The van der Waals surface area contributed by atoms with Gasteiger partial charge in [-0.3, -0.25) is 0 Å². The van der Waals surface area contributed by atoms with Crippen LogP contribution in [-0.4, -0.2) is 40.7 Å². The number of piperidine rings is 1. The molecule has 2 fully saturated rings. The lowest BCUT2D eigenvalue weighted by molar-refractivity contribution is 0.340. The second-order valence-corrected chi connectivity index (χ2v) is 5.18. The van der Waals surface area contributed by atoms with Crippen LogP contribution in [0.1, 0.15) is 26.2 Å². The molecule has 2 atom stereocenters. The number of anilines is 1. The number of hydrogen-bond donors (Lipinski definition) is 1. The molecule has 2 saturated heterocycles. The Kier molecular flexibility index (Phi) is 3.01. The van der Waals surface area contributed by atoms with E-state index in [1.807, 2.05) is 10.9 Å². The van der Waals surface area contributed by atoms with Crippen molar-refractivity contribution in [1.29, 1.82) is 0 Å². The molecule has 3 rings (SSSR count). The van der Waals surface area contributed by atoms with Crippen molar-refractivity contribution in [1.82, 2.24) is 20.3 Å². The highest BCUT2D eigenvalue weighted by Gasteiger charge is 2.35. The molecule has 94 valence electrons. The molecular formula is C12H21N5. The zero-order valence-electron chi connectivity index (χ0n) is 10.5. The molecule has 3 heterocycles. The maximum absolute atomic E-state index is 4.17. The van der Waals surface area contributed by atoms with Crippen LogP contribution in [0.4, 0.5) is 5.82 Å². The number of nitrogens with one attached hydrogen (secondary N) is 1. The molecule has 0 saturated carbocycles. The van der Waals surface area contributed by atoms with Gasteiger partial charge in [0.25, 0.3) is 0 Å².